The summed E-state index contributed by atoms with van der Waals surface area (Å²) < 4.78 is 0. The van der Waals surface area contributed by atoms with Gasteiger partial charge in [-0.15, -0.1) is 0 Å². The van der Waals surface area contributed by atoms with Crippen LogP contribution in [0.5, 0.6) is 0 Å². The van der Waals surface area contributed by atoms with Gasteiger partial charge in [-0.1, -0.05) is 129 Å². The fourth-order valence-electron chi connectivity index (χ4n) is 8.51. The summed E-state index contributed by atoms with van der Waals surface area (Å²) in [5, 5.41) is 2.62. The van der Waals surface area contributed by atoms with Crippen molar-refractivity contribution in [3.63, 3.8) is 0 Å². The Morgan fingerprint density at radius 1 is 0.420 bits per heavy atom. The fraction of sp³-hybridized carbons (Fsp3) is 0.0625. The largest absolute Gasteiger partial charge is 0.309 e. The van der Waals surface area contributed by atoms with Crippen LogP contribution in [0.3, 0.4) is 0 Å². The topological polar surface area (TPSA) is 16.1 Å². The minimum atomic E-state index is -0.0485. The Morgan fingerprint density at radius 2 is 1.00 bits per heavy atom. The second-order valence-corrected chi connectivity index (χ2v) is 14.0. The van der Waals surface area contributed by atoms with E-state index < -0.39 is 0 Å². The third kappa shape index (κ3) is 4.25. The van der Waals surface area contributed by atoms with Crippen molar-refractivity contribution in [3.8, 4) is 55.6 Å². The molecule has 0 saturated carbocycles. The summed E-state index contributed by atoms with van der Waals surface area (Å²) in [6, 6.07) is 57.9. The molecule has 0 N–H and O–H groups in total. The summed E-state index contributed by atoms with van der Waals surface area (Å²) in [7, 11) is 0. The smallest absolute Gasteiger partial charge is 0.0644 e. The van der Waals surface area contributed by atoms with Crippen molar-refractivity contribution in [2.75, 3.05) is 4.90 Å². The van der Waals surface area contributed by atoms with Gasteiger partial charge in [0.25, 0.3) is 0 Å². The molecule has 10 rings (SSSR count). The summed E-state index contributed by atoms with van der Waals surface area (Å²) >= 11 is 0. The van der Waals surface area contributed by atoms with E-state index in [1.54, 1.807) is 0 Å². The lowest BCUT2D eigenvalue weighted by atomic mass is 9.81. The molecule has 50 heavy (non-hydrogen) atoms. The van der Waals surface area contributed by atoms with Gasteiger partial charge in [0.2, 0.25) is 0 Å². The lowest BCUT2D eigenvalue weighted by Crippen LogP contribution is -2.14. The predicted octanol–water partition coefficient (Wildman–Crippen LogP) is 13.0. The quantitative estimate of drug-likeness (QED) is 0.186. The highest BCUT2D eigenvalue weighted by molar-refractivity contribution is 6.18. The number of nitrogens with zero attached hydrogens (tertiary/aromatic N) is 2. The van der Waals surface area contributed by atoms with Crippen LogP contribution in [0.2, 0.25) is 0 Å². The van der Waals surface area contributed by atoms with Crippen LogP contribution in [0, 0.1) is 0 Å². The number of rotatable bonds is 5. The van der Waals surface area contributed by atoms with Crippen LogP contribution in [0.15, 0.2) is 170 Å². The number of pyridine rings is 1. The molecule has 0 aliphatic heterocycles. The second-order valence-electron chi connectivity index (χ2n) is 14.0. The first-order valence-corrected chi connectivity index (χ1v) is 17.4. The van der Waals surface area contributed by atoms with Crippen LogP contribution >= 0.6 is 0 Å². The van der Waals surface area contributed by atoms with Crippen molar-refractivity contribution in [1.82, 2.24) is 4.98 Å². The van der Waals surface area contributed by atoms with E-state index in [9.17, 15) is 0 Å². The summed E-state index contributed by atoms with van der Waals surface area (Å²) in [6.45, 7) is 4.69. The van der Waals surface area contributed by atoms with Crippen LogP contribution in [-0.2, 0) is 5.41 Å². The number of fused-ring (bicyclic) bond motifs is 6. The van der Waals surface area contributed by atoms with E-state index >= 15 is 0 Å². The fourth-order valence-corrected chi connectivity index (χ4v) is 8.51. The number of hydrogen-bond acceptors (Lipinski definition) is 2. The zero-order valence-electron chi connectivity index (χ0n) is 28.1. The molecular weight excluding hydrogens is 605 g/mol. The van der Waals surface area contributed by atoms with Crippen molar-refractivity contribution in [2.24, 2.45) is 0 Å². The molecule has 0 fully saturated rings. The molecule has 0 bridgehead atoms. The van der Waals surface area contributed by atoms with E-state index in [0.717, 1.165) is 17.1 Å². The minimum absolute atomic E-state index is 0.0485. The minimum Gasteiger partial charge on any atom is -0.309 e. The molecule has 7 aromatic carbocycles. The number of anilines is 3. The van der Waals surface area contributed by atoms with Crippen LogP contribution in [0.25, 0.3) is 66.4 Å². The molecule has 0 amide bonds. The number of benzene rings is 7. The van der Waals surface area contributed by atoms with Gasteiger partial charge in [-0.05, 0) is 120 Å². The van der Waals surface area contributed by atoms with Crippen LogP contribution < -0.4 is 4.90 Å². The van der Waals surface area contributed by atoms with Gasteiger partial charge in [-0.2, -0.15) is 0 Å². The molecule has 0 spiro atoms. The van der Waals surface area contributed by atoms with Crippen molar-refractivity contribution in [1.29, 1.82) is 0 Å². The number of hydrogen-bond donors (Lipinski definition) is 0. The molecule has 8 aromatic rings. The van der Waals surface area contributed by atoms with E-state index in [-0.39, 0.29) is 5.41 Å². The Hall–Kier alpha value is -6.25. The first kappa shape index (κ1) is 28.7. The Labute approximate surface area is 293 Å². The molecule has 236 valence electrons. The van der Waals surface area contributed by atoms with Crippen molar-refractivity contribution >= 4 is 27.8 Å². The van der Waals surface area contributed by atoms with Gasteiger partial charge in [-0.3, -0.25) is 4.98 Å². The molecule has 0 saturated heterocycles. The average molecular weight is 639 g/mol. The molecule has 1 heterocycles. The zero-order valence-corrected chi connectivity index (χ0v) is 28.1. The third-order valence-corrected chi connectivity index (χ3v) is 10.9. The normalized spacial score (nSPS) is 13.2. The maximum Gasteiger partial charge on any atom is 0.0644 e. The summed E-state index contributed by atoms with van der Waals surface area (Å²) in [6.07, 6.45) is 3.79. The van der Waals surface area contributed by atoms with Gasteiger partial charge >= 0.3 is 0 Å². The van der Waals surface area contributed by atoms with Crippen molar-refractivity contribution in [3.05, 3.63) is 181 Å². The maximum absolute atomic E-state index is 4.54. The monoisotopic (exact) mass is 638 g/mol. The Morgan fingerprint density at radius 3 is 1.78 bits per heavy atom. The Balaban J connectivity index is 1.09. The summed E-state index contributed by atoms with van der Waals surface area (Å²) in [5.41, 5.74) is 18.7. The van der Waals surface area contributed by atoms with Gasteiger partial charge in [0.1, 0.15) is 0 Å². The second kappa shape index (κ2) is 10.9. The highest BCUT2D eigenvalue weighted by Gasteiger charge is 2.35. The Kier molecular flexibility index (Phi) is 6.25. The molecule has 0 radical (unpaired) electrons. The average Bonchev–Trinajstić information content (AvgIpc) is 3.62. The standard InChI is InChI=1S/C48H34N2/c1-48(2)45-21-6-5-18-40(45)41-23-22-32(29-46(41)48)31-11-7-13-34(27-31)50(36-15-10-26-49-30-36)35-14-8-12-33(28-35)37-24-25-44-39-17-4-3-16-38(39)43-20-9-19-42(37)47(43)44/h3-30H,1-2H3. The Bertz CT molecular complexity index is 2600. The first-order chi connectivity index (χ1) is 24.6. The molecule has 1 aromatic heterocycles. The zero-order chi connectivity index (χ0) is 33.4. The molecular formula is C48H34N2. The van der Waals surface area contributed by atoms with Gasteiger partial charge in [0.05, 0.1) is 11.9 Å². The van der Waals surface area contributed by atoms with Crippen molar-refractivity contribution < 1.29 is 0 Å². The van der Waals surface area contributed by atoms with Crippen molar-refractivity contribution in [2.45, 2.75) is 19.3 Å². The van der Waals surface area contributed by atoms with E-state index in [1.807, 2.05) is 18.5 Å². The van der Waals surface area contributed by atoms with Crippen LogP contribution in [0.4, 0.5) is 17.1 Å². The van der Waals surface area contributed by atoms with E-state index in [0.29, 0.717) is 0 Å². The predicted molar refractivity (Wildman–Crippen MR) is 209 cm³/mol. The van der Waals surface area contributed by atoms with Gasteiger partial charge < -0.3 is 4.90 Å². The van der Waals surface area contributed by atoms with E-state index in [4.69, 9.17) is 0 Å². The summed E-state index contributed by atoms with van der Waals surface area (Å²) in [5.74, 6) is 0. The highest BCUT2D eigenvalue weighted by atomic mass is 15.1. The first-order valence-electron chi connectivity index (χ1n) is 17.4. The maximum atomic E-state index is 4.54. The van der Waals surface area contributed by atoms with Crippen LogP contribution in [0.1, 0.15) is 25.0 Å². The molecule has 2 aliphatic rings. The summed E-state index contributed by atoms with van der Waals surface area (Å²) in [4.78, 5) is 6.86. The lowest BCUT2D eigenvalue weighted by molar-refractivity contribution is 0.660. The lowest BCUT2D eigenvalue weighted by Gasteiger charge is -2.26. The molecule has 0 unspecified atom stereocenters. The SMILES string of the molecule is CC1(C)c2ccccc2-c2ccc(-c3cccc(N(c4cccnc4)c4cccc(-c5ccc6c7c(cccc57)-c5ccccc5-6)c4)c3)cc21. The number of aromatic nitrogens is 1. The molecule has 2 nitrogen and oxygen atoms in total. The third-order valence-electron chi connectivity index (χ3n) is 10.9. The van der Waals surface area contributed by atoms with Crippen LogP contribution in [-0.4, -0.2) is 4.98 Å². The molecule has 2 aliphatic carbocycles. The van der Waals surface area contributed by atoms with Gasteiger partial charge in [0.15, 0.2) is 0 Å². The molecule has 2 heteroatoms. The van der Waals surface area contributed by atoms with E-state index in [1.165, 1.54) is 77.5 Å². The van der Waals surface area contributed by atoms with Gasteiger partial charge in [-0.25, -0.2) is 0 Å². The van der Waals surface area contributed by atoms with Gasteiger partial charge in [0, 0.05) is 23.0 Å². The highest BCUT2D eigenvalue weighted by Crippen LogP contribution is 2.51. The van der Waals surface area contributed by atoms with E-state index in [2.05, 4.69) is 175 Å². The molecule has 0 atom stereocenters.